The van der Waals surface area contributed by atoms with Gasteiger partial charge in [0.05, 0.1) is 7.11 Å². The molecule has 0 aromatic heterocycles. The smallest absolute Gasteiger partial charge is 0.305 e. The van der Waals surface area contributed by atoms with Crippen molar-refractivity contribution in [1.29, 1.82) is 0 Å². The number of ether oxygens (including phenoxy) is 1. The van der Waals surface area contributed by atoms with Crippen LogP contribution in [0.4, 0.5) is 0 Å². The number of carbonyl (C=O) groups is 1. The van der Waals surface area contributed by atoms with Crippen molar-refractivity contribution >= 4 is 5.97 Å². The van der Waals surface area contributed by atoms with Gasteiger partial charge < -0.3 is 4.74 Å². The topological polar surface area (TPSA) is 26.3 Å². The molecule has 0 radical (unpaired) electrons. The standard InChI is InChI=1S/C15H20O2/c1-17-15(16)13-9-4-2-3-6-10-14-11-7-5-8-12-14/h2-3,5,7-8,11-12H,4,6,9-10,13H2,1H3/b3-2+. The van der Waals surface area contributed by atoms with Gasteiger partial charge in [-0.1, -0.05) is 42.5 Å². The Morgan fingerprint density at radius 2 is 1.88 bits per heavy atom. The molecule has 1 aromatic carbocycles. The van der Waals surface area contributed by atoms with Crippen LogP contribution in [0.5, 0.6) is 0 Å². The van der Waals surface area contributed by atoms with Crippen molar-refractivity contribution in [3.8, 4) is 0 Å². The molecular weight excluding hydrogens is 212 g/mol. The number of aryl methyl sites for hydroxylation is 1. The van der Waals surface area contributed by atoms with Crippen molar-refractivity contribution in [1.82, 2.24) is 0 Å². The summed E-state index contributed by atoms with van der Waals surface area (Å²) >= 11 is 0. The van der Waals surface area contributed by atoms with E-state index in [0.717, 1.165) is 25.7 Å². The Labute approximate surface area is 103 Å². The average molecular weight is 232 g/mol. The van der Waals surface area contributed by atoms with E-state index < -0.39 is 0 Å². The van der Waals surface area contributed by atoms with Gasteiger partial charge in [0.1, 0.15) is 0 Å². The highest BCUT2D eigenvalue weighted by Gasteiger charge is 1.96. The molecule has 1 aromatic rings. The van der Waals surface area contributed by atoms with Gasteiger partial charge in [0.25, 0.3) is 0 Å². The third-order valence-electron chi connectivity index (χ3n) is 2.59. The highest BCUT2D eigenvalue weighted by atomic mass is 16.5. The summed E-state index contributed by atoms with van der Waals surface area (Å²) in [5.74, 6) is -0.123. The molecule has 0 spiro atoms. The fraction of sp³-hybridized carbons (Fsp3) is 0.400. The lowest BCUT2D eigenvalue weighted by molar-refractivity contribution is -0.140. The van der Waals surface area contributed by atoms with E-state index in [9.17, 15) is 4.79 Å². The molecule has 0 aliphatic carbocycles. The van der Waals surface area contributed by atoms with Crippen molar-refractivity contribution < 1.29 is 9.53 Å². The van der Waals surface area contributed by atoms with E-state index in [4.69, 9.17) is 0 Å². The first-order chi connectivity index (χ1) is 8.33. The Morgan fingerprint density at radius 3 is 2.59 bits per heavy atom. The zero-order chi connectivity index (χ0) is 12.3. The molecule has 1 rings (SSSR count). The van der Waals surface area contributed by atoms with Crippen LogP contribution in [0.2, 0.25) is 0 Å². The molecule has 0 fully saturated rings. The molecule has 0 saturated heterocycles. The quantitative estimate of drug-likeness (QED) is 0.408. The van der Waals surface area contributed by atoms with Crippen molar-refractivity contribution in [3.63, 3.8) is 0 Å². The molecule has 0 unspecified atom stereocenters. The molecule has 92 valence electrons. The molecule has 0 N–H and O–H groups in total. The summed E-state index contributed by atoms with van der Waals surface area (Å²) in [6.45, 7) is 0. The summed E-state index contributed by atoms with van der Waals surface area (Å²) in [6, 6.07) is 10.5. The first-order valence-corrected chi connectivity index (χ1v) is 6.08. The molecule has 0 saturated carbocycles. The average Bonchev–Trinajstić information content (AvgIpc) is 2.38. The largest absolute Gasteiger partial charge is 0.469 e. The fourth-order valence-electron chi connectivity index (χ4n) is 1.60. The van der Waals surface area contributed by atoms with Crippen LogP contribution >= 0.6 is 0 Å². The second-order valence-electron chi connectivity index (χ2n) is 3.96. The molecule has 0 aliphatic heterocycles. The second kappa shape index (κ2) is 8.57. The SMILES string of the molecule is COC(=O)CCC/C=C/CCc1ccccc1. The van der Waals surface area contributed by atoms with Crippen LogP contribution in [0.25, 0.3) is 0 Å². The van der Waals surface area contributed by atoms with Crippen LogP contribution < -0.4 is 0 Å². The van der Waals surface area contributed by atoms with Crippen molar-refractivity contribution in [2.45, 2.75) is 32.1 Å². The molecule has 2 heteroatoms. The number of rotatable bonds is 7. The third-order valence-corrected chi connectivity index (χ3v) is 2.59. The molecular formula is C15H20O2. The minimum Gasteiger partial charge on any atom is -0.469 e. The Kier molecular flexibility index (Phi) is 6.80. The number of allylic oxidation sites excluding steroid dienone is 2. The summed E-state index contributed by atoms with van der Waals surface area (Å²) in [5.41, 5.74) is 1.37. The summed E-state index contributed by atoms with van der Waals surface area (Å²) in [5, 5.41) is 0. The Balaban J connectivity index is 2.05. The van der Waals surface area contributed by atoms with Crippen molar-refractivity contribution in [3.05, 3.63) is 48.0 Å². The van der Waals surface area contributed by atoms with Crippen LogP contribution in [-0.2, 0) is 16.0 Å². The van der Waals surface area contributed by atoms with Gasteiger partial charge in [0.2, 0.25) is 0 Å². The van der Waals surface area contributed by atoms with Gasteiger partial charge in [0, 0.05) is 6.42 Å². The highest BCUT2D eigenvalue weighted by Crippen LogP contribution is 2.04. The number of unbranched alkanes of at least 4 members (excludes halogenated alkanes) is 1. The van der Waals surface area contributed by atoms with E-state index in [1.165, 1.54) is 12.7 Å². The number of hydrogen-bond acceptors (Lipinski definition) is 2. The van der Waals surface area contributed by atoms with Gasteiger partial charge in [-0.25, -0.2) is 0 Å². The minimum atomic E-state index is -0.123. The maximum Gasteiger partial charge on any atom is 0.305 e. The summed E-state index contributed by atoms with van der Waals surface area (Å²) in [7, 11) is 1.43. The van der Waals surface area contributed by atoms with E-state index in [-0.39, 0.29) is 5.97 Å². The zero-order valence-electron chi connectivity index (χ0n) is 10.4. The van der Waals surface area contributed by atoms with Crippen molar-refractivity contribution in [2.75, 3.05) is 7.11 Å². The van der Waals surface area contributed by atoms with Crippen LogP contribution in [0.1, 0.15) is 31.2 Å². The van der Waals surface area contributed by atoms with Crippen LogP contribution in [0.15, 0.2) is 42.5 Å². The Hall–Kier alpha value is -1.57. The van der Waals surface area contributed by atoms with Crippen molar-refractivity contribution in [2.24, 2.45) is 0 Å². The molecule has 0 atom stereocenters. The molecule has 0 heterocycles. The number of carbonyl (C=O) groups excluding carboxylic acids is 1. The molecule has 0 aliphatic rings. The van der Waals surface area contributed by atoms with Crippen LogP contribution in [0, 0.1) is 0 Å². The maximum atomic E-state index is 10.8. The summed E-state index contributed by atoms with van der Waals surface area (Å²) < 4.78 is 4.57. The van der Waals surface area contributed by atoms with Gasteiger partial charge in [0.15, 0.2) is 0 Å². The lowest BCUT2D eigenvalue weighted by atomic mass is 10.1. The lowest BCUT2D eigenvalue weighted by Gasteiger charge is -1.97. The number of hydrogen-bond donors (Lipinski definition) is 0. The maximum absolute atomic E-state index is 10.8. The summed E-state index contributed by atoms with van der Waals surface area (Å²) in [6.07, 6.45) is 8.80. The zero-order valence-corrected chi connectivity index (χ0v) is 10.4. The second-order valence-corrected chi connectivity index (χ2v) is 3.96. The molecule has 0 bridgehead atoms. The molecule has 17 heavy (non-hydrogen) atoms. The van der Waals surface area contributed by atoms with Gasteiger partial charge in [-0.15, -0.1) is 0 Å². The number of benzene rings is 1. The highest BCUT2D eigenvalue weighted by molar-refractivity contribution is 5.68. The number of esters is 1. The normalized spacial score (nSPS) is 10.6. The van der Waals surface area contributed by atoms with E-state index in [1.54, 1.807) is 0 Å². The predicted molar refractivity (Wildman–Crippen MR) is 69.8 cm³/mol. The van der Waals surface area contributed by atoms with Crippen LogP contribution in [0.3, 0.4) is 0 Å². The Bertz CT molecular complexity index is 341. The molecule has 0 amide bonds. The van der Waals surface area contributed by atoms with Crippen LogP contribution in [-0.4, -0.2) is 13.1 Å². The first kappa shape index (κ1) is 13.5. The van der Waals surface area contributed by atoms with E-state index in [2.05, 4.69) is 41.2 Å². The van der Waals surface area contributed by atoms with E-state index >= 15 is 0 Å². The van der Waals surface area contributed by atoms with E-state index in [1.807, 2.05) is 6.07 Å². The van der Waals surface area contributed by atoms with Gasteiger partial charge in [-0.3, -0.25) is 4.79 Å². The monoisotopic (exact) mass is 232 g/mol. The minimum absolute atomic E-state index is 0.123. The number of methoxy groups -OCH3 is 1. The predicted octanol–water partition coefficient (Wildman–Crippen LogP) is 3.52. The molecule has 2 nitrogen and oxygen atoms in total. The van der Waals surface area contributed by atoms with Gasteiger partial charge in [-0.05, 0) is 31.2 Å². The lowest BCUT2D eigenvalue weighted by Crippen LogP contribution is -1.98. The van der Waals surface area contributed by atoms with E-state index in [0.29, 0.717) is 6.42 Å². The van der Waals surface area contributed by atoms with Gasteiger partial charge in [-0.2, -0.15) is 0 Å². The van der Waals surface area contributed by atoms with Gasteiger partial charge >= 0.3 is 5.97 Å². The first-order valence-electron chi connectivity index (χ1n) is 6.08. The summed E-state index contributed by atoms with van der Waals surface area (Å²) in [4.78, 5) is 10.8. The Morgan fingerprint density at radius 1 is 1.18 bits per heavy atom. The third kappa shape index (κ3) is 6.56. The fourth-order valence-corrected chi connectivity index (χ4v) is 1.60.